The minimum absolute atomic E-state index is 0.208. The molecule has 2 saturated heterocycles. The van der Waals surface area contributed by atoms with Gasteiger partial charge in [0.15, 0.2) is 0 Å². The highest BCUT2D eigenvalue weighted by Gasteiger charge is 2.34. The fourth-order valence-electron chi connectivity index (χ4n) is 2.52. The summed E-state index contributed by atoms with van der Waals surface area (Å²) in [4.78, 5) is 14.5. The Hall–Kier alpha value is -1.00. The lowest BCUT2D eigenvalue weighted by Crippen LogP contribution is -2.54. The van der Waals surface area contributed by atoms with E-state index in [1.54, 1.807) is 0 Å². The largest absolute Gasteiger partial charge is 0.334 e. The van der Waals surface area contributed by atoms with Gasteiger partial charge in [0, 0.05) is 31.1 Å². The number of nitrogens with one attached hydrogen (secondary N) is 1. The Bertz CT molecular complexity index is 419. The zero-order valence-corrected chi connectivity index (χ0v) is 11.2. The number of thioether (sulfide) groups is 1. The molecule has 96 valence electrons. The molecule has 2 aliphatic heterocycles. The molecule has 0 aromatic heterocycles. The Morgan fingerprint density at radius 2 is 2.06 bits per heavy atom. The van der Waals surface area contributed by atoms with E-state index in [4.69, 9.17) is 0 Å². The summed E-state index contributed by atoms with van der Waals surface area (Å²) >= 11 is 1.95. The summed E-state index contributed by atoms with van der Waals surface area (Å²) in [5, 5.41) is 3.18. The number of carbonyl (C=O) groups excluding carboxylic acids is 1. The predicted octanol–water partition coefficient (Wildman–Crippen LogP) is 1.52. The van der Waals surface area contributed by atoms with Crippen LogP contribution in [0, 0.1) is 5.92 Å². The van der Waals surface area contributed by atoms with Crippen LogP contribution in [-0.2, 0) is 4.79 Å². The van der Waals surface area contributed by atoms with E-state index in [1.165, 1.54) is 5.56 Å². The number of hydrogen-bond donors (Lipinski definition) is 1. The first-order valence-corrected chi connectivity index (χ1v) is 7.65. The Morgan fingerprint density at radius 1 is 1.28 bits per heavy atom. The zero-order valence-electron chi connectivity index (χ0n) is 10.3. The average Bonchev–Trinajstić information content (AvgIpc) is 2.38. The highest BCUT2D eigenvalue weighted by atomic mass is 32.2. The third-order valence-electron chi connectivity index (χ3n) is 3.73. The van der Waals surface area contributed by atoms with Gasteiger partial charge in [0.05, 0.1) is 12.0 Å². The van der Waals surface area contributed by atoms with Gasteiger partial charge in [-0.15, -0.1) is 0 Å². The molecule has 3 nitrogen and oxygen atoms in total. The highest BCUT2D eigenvalue weighted by molar-refractivity contribution is 7.99. The normalized spacial score (nSPS) is 24.7. The van der Waals surface area contributed by atoms with Gasteiger partial charge in [-0.05, 0) is 5.56 Å². The molecule has 1 atom stereocenters. The molecule has 2 fully saturated rings. The molecule has 0 bridgehead atoms. The van der Waals surface area contributed by atoms with E-state index in [0.29, 0.717) is 5.91 Å². The van der Waals surface area contributed by atoms with E-state index < -0.39 is 0 Å². The fourth-order valence-corrected chi connectivity index (χ4v) is 3.60. The van der Waals surface area contributed by atoms with Crippen LogP contribution in [0.25, 0.3) is 0 Å². The number of amides is 1. The topological polar surface area (TPSA) is 32.3 Å². The van der Waals surface area contributed by atoms with Crippen molar-refractivity contribution < 1.29 is 4.79 Å². The highest BCUT2D eigenvalue weighted by Crippen LogP contribution is 2.31. The molecule has 18 heavy (non-hydrogen) atoms. The van der Waals surface area contributed by atoms with Crippen LogP contribution < -0.4 is 5.32 Å². The van der Waals surface area contributed by atoms with Crippen LogP contribution >= 0.6 is 11.8 Å². The average molecular weight is 262 g/mol. The maximum atomic E-state index is 12.4. The number of hydrogen-bond acceptors (Lipinski definition) is 3. The van der Waals surface area contributed by atoms with Gasteiger partial charge in [-0.1, -0.05) is 30.3 Å². The van der Waals surface area contributed by atoms with Crippen molar-refractivity contribution >= 4 is 17.7 Å². The van der Waals surface area contributed by atoms with Crippen molar-refractivity contribution in [2.45, 2.75) is 6.04 Å². The summed E-state index contributed by atoms with van der Waals surface area (Å²) in [7, 11) is 0. The van der Waals surface area contributed by atoms with Gasteiger partial charge < -0.3 is 10.2 Å². The first-order valence-electron chi connectivity index (χ1n) is 6.50. The van der Waals surface area contributed by atoms with E-state index in [9.17, 15) is 4.79 Å². The summed E-state index contributed by atoms with van der Waals surface area (Å²) in [6.45, 7) is 2.59. The number of benzene rings is 1. The van der Waals surface area contributed by atoms with Crippen LogP contribution in [0.1, 0.15) is 11.6 Å². The molecule has 1 unspecified atom stereocenters. The molecule has 3 rings (SSSR count). The summed E-state index contributed by atoms with van der Waals surface area (Å²) in [5.74, 6) is 2.63. The molecule has 0 saturated carbocycles. The van der Waals surface area contributed by atoms with Gasteiger partial charge in [-0.2, -0.15) is 11.8 Å². The van der Waals surface area contributed by atoms with Gasteiger partial charge in [0.1, 0.15) is 0 Å². The van der Waals surface area contributed by atoms with Crippen LogP contribution in [-0.4, -0.2) is 41.9 Å². The molecular formula is C14H18N2OS. The number of rotatable bonds is 2. The molecule has 2 heterocycles. The quantitative estimate of drug-likeness (QED) is 0.877. The van der Waals surface area contributed by atoms with Crippen molar-refractivity contribution in [2.24, 2.45) is 5.92 Å². The first-order chi connectivity index (χ1) is 8.86. The molecular weight excluding hydrogens is 244 g/mol. The van der Waals surface area contributed by atoms with Gasteiger partial charge >= 0.3 is 0 Å². The van der Waals surface area contributed by atoms with Gasteiger partial charge in [0.25, 0.3) is 0 Å². The molecule has 0 radical (unpaired) electrons. The second-order valence-corrected chi connectivity index (χ2v) is 6.04. The number of nitrogens with zero attached hydrogens (tertiary/aromatic N) is 1. The van der Waals surface area contributed by atoms with Crippen molar-refractivity contribution in [3.05, 3.63) is 35.9 Å². The van der Waals surface area contributed by atoms with E-state index in [2.05, 4.69) is 34.5 Å². The molecule has 2 aliphatic rings. The summed E-state index contributed by atoms with van der Waals surface area (Å²) < 4.78 is 0. The van der Waals surface area contributed by atoms with Crippen molar-refractivity contribution in [1.82, 2.24) is 10.2 Å². The van der Waals surface area contributed by atoms with Crippen molar-refractivity contribution in [2.75, 3.05) is 31.1 Å². The Labute approximate surface area is 112 Å². The molecule has 0 aliphatic carbocycles. The Morgan fingerprint density at radius 3 is 2.72 bits per heavy atom. The molecule has 1 N–H and O–H groups in total. The lowest BCUT2D eigenvalue weighted by atomic mass is 9.99. The molecule has 0 spiro atoms. The minimum Gasteiger partial charge on any atom is -0.334 e. The zero-order chi connectivity index (χ0) is 12.4. The second kappa shape index (κ2) is 5.33. The smallest absolute Gasteiger partial charge is 0.228 e. The van der Waals surface area contributed by atoms with Gasteiger partial charge in [-0.3, -0.25) is 4.79 Å². The lowest BCUT2D eigenvalue weighted by molar-refractivity contribution is -0.139. The van der Waals surface area contributed by atoms with Crippen LogP contribution in [0.4, 0.5) is 0 Å². The fraction of sp³-hybridized carbons (Fsp3) is 0.500. The van der Waals surface area contributed by atoms with E-state index in [-0.39, 0.29) is 12.0 Å². The first kappa shape index (κ1) is 12.1. The van der Waals surface area contributed by atoms with Gasteiger partial charge in [-0.25, -0.2) is 0 Å². The summed E-state index contributed by atoms with van der Waals surface area (Å²) in [6, 6.07) is 10.7. The Balaban J connectivity index is 1.79. The van der Waals surface area contributed by atoms with Crippen molar-refractivity contribution in [1.29, 1.82) is 0 Å². The van der Waals surface area contributed by atoms with E-state index in [0.717, 1.165) is 31.1 Å². The maximum Gasteiger partial charge on any atom is 0.228 e. The van der Waals surface area contributed by atoms with Crippen LogP contribution in [0.5, 0.6) is 0 Å². The lowest BCUT2D eigenvalue weighted by Gasteiger charge is -2.40. The third kappa shape index (κ3) is 2.27. The van der Waals surface area contributed by atoms with E-state index in [1.807, 2.05) is 17.8 Å². The van der Waals surface area contributed by atoms with Crippen molar-refractivity contribution in [3.63, 3.8) is 0 Å². The van der Waals surface area contributed by atoms with Crippen LogP contribution in [0.15, 0.2) is 30.3 Å². The molecule has 1 aromatic carbocycles. The maximum absolute atomic E-state index is 12.4. The summed E-state index contributed by atoms with van der Waals surface area (Å²) in [6.07, 6.45) is 0. The predicted molar refractivity (Wildman–Crippen MR) is 74.6 cm³/mol. The van der Waals surface area contributed by atoms with Crippen LogP contribution in [0.2, 0.25) is 0 Å². The third-order valence-corrected chi connectivity index (χ3v) is 4.75. The minimum atomic E-state index is 0.208. The molecule has 1 amide bonds. The van der Waals surface area contributed by atoms with Crippen molar-refractivity contribution in [3.8, 4) is 0 Å². The second-order valence-electron chi connectivity index (χ2n) is 4.89. The summed E-state index contributed by atoms with van der Waals surface area (Å²) in [5.41, 5.74) is 1.27. The molecule has 1 aromatic rings. The number of carbonyl (C=O) groups is 1. The van der Waals surface area contributed by atoms with E-state index >= 15 is 0 Å². The standard InChI is InChI=1S/C14H18N2OS/c17-14(12-8-15-9-12)16-6-7-18-10-13(16)11-4-2-1-3-5-11/h1-5,12-13,15H,6-10H2. The van der Waals surface area contributed by atoms with Crippen LogP contribution in [0.3, 0.4) is 0 Å². The molecule has 4 heteroatoms. The monoisotopic (exact) mass is 262 g/mol. The van der Waals surface area contributed by atoms with Gasteiger partial charge in [0.2, 0.25) is 5.91 Å². The Kier molecular flexibility index (Phi) is 3.57. The SMILES string of the molecule is O=C(C1CNC1)N1CCSCC1c1ccccc1.